The fourth-order valence-corrected chi connectivity index (χ4v) is 3.25. The molecule has 0 aliphatic carbocycles. The molecule has 1 N–H and O–H groups in total. The molecule has 0 fully saturated rings. The van der Waals surface area contributed by atoms with Crippen molar-refractivity contribution in [1.82, 2.24) is 4.98 Å². The van der Waals surface area contributed by atoms with Gasteiger partial charge in [0.15, 0.2) is 11.3 Å². The van der Waals surface area contributed by atoms with Crippen molar-refractivity contribution in [2.75, 3.05) is 12.4 Å². The minimum atomic E-state index is -0.351. The standard InChI is InChI=1S/C25H23N3O3/c1-4-17-11-13-19(14-12-17)27-25-20(24(29)28-22-10-5-7-16(2)26-22)15-18-8-6-9-21(30-3)23(18)31-25/h5-15H,4H2,1-3H3,(H,26,28,29). The Balaban J connectivity index is 1.86. The third kappa shape index (κ3) is 4.48. The number of carbonyl (C=O) groups excluding carboxylic acids is 1. The summed E-state index contributed by atoms with van der Waals surface area (Å²) in [7, 11) is 1.58. The summed E-state index contributed by atoms with van der Waals surface area (Å²) in [5.41, 5.74) is 3.75. The van der Waals surface area contributed by atoms with Crippen molar-refractivity contribution in [3.63, 3.8) is 0 Å². The van der Waals surface area contributed by atoms with Gasteiger partial charge in [-0.25, -0.2) is 9.98 Å². The fourth-order valence-electron chi connectivity index (χ4n) is 3.25. The topological polar surface area (TPSA) is 76.7 Å². The molecule has 4 rings (SSSR count). The lowest BCUT2D eigenvalue weighted by atomic mass is 10.1. The van der Waals surface area contributed by atoms with Gasteiger partial charge in [0.1, 0.15) is 11.4 Å². The van der Waals surface area contributed by atoms with Gasteiger partial charge >= 0.3 is 0 Å². The third-order valence-corrected chi connectivity index (χ3v) is 4.91. The number of rotatable bonds is 5. The Morgan fingerprint density at radius 3 is 2.58 bits per heavy atom. The summed E-state index contributed by atoms with van der Waals surface area (Å²) in [5, 5.41) is 3.57. The van der Waals surface area contributed by atoms with Crippen LogP contribution in [-0.2, 0) is 6.42 Å². The van der Waals surface area contributed by atoms with Crippen LogP contribution in [0.4, 0.5) is 11.5 Å². The molecule has 0 unspecified atom stereocenters. The lowest BCUT2D eigenvalue weighted by Gasteiger charge is -2.09. The number of nitrogens with zero attached hydrogens (tertiary/aromatic N) is 2. The number of fused-ring (bicyclic) bond motifs is 1. The molecule has 0 aliphatic heterocycles. The molecular formula is C25H23N3O3. The third-order valence-electron chi connectivity index (χ3n) is 4.91. The van der Waals surface area contributed by atoms with Crippen LogP contribution in [0.15, 0.2) is 76.1 Å². The summed E-state index contributed by atoms with van der Waals surface area (Å²) in [6.07, 6.45) is 0.939. The first-order valence-corrected chi connectivity index (χ1v) is 10.1. The van der Waals surface area contributed by atoms with E-state index in [0.29, 0.717) is 28.4 Å². The fraction of sp³-hybridized carbons (Fsp3) is 0.160. The lowest BCUT2D eigenvalue weighted by Crippen LogP contribution is -2.22. The number of anilines is 1. The van der Waals surface area contributed by atoms with Gasteiger partial charge in [-0.3, -0.25) is 4.79 Å². The molecule has 0 saturated heterocycles. The van der Waals surface area contributed by atoms with E-state index < -0.39 is 0 Å². The van der Waals surface area contributed by atoms with Crippen LogP contribution in [0.25, 0.3) is 11.0 Å². The number of para-hydroxylation sites is 1. The Hall–Kier alpha value is -3.93. The first kappa shape index (κ1) is 20.3. The maximum Gasteiger partial charge on any atom is 0.262 e. The molecule has 2 heterocycles. The van der Waals surface area contributed by atoms with Gasteiger partial charge in [-0.2, -0.15) is 0 Å². The number of nitrogens with one attached hydrogen (secondary N) is 1. The molecule has 0 atom stereocenters. The van der Waals surface area contributed by atoms with Crippen LogP contribution in [0, 0.1) is 6.92 Å². The molecule has 6 nitrogen and oxygen atoms in total. The molecular weight excluding hydrogens is 390 g/mol. The zero-order chi connectivity index (χ0) is 21.8. The van der Waals surface area contributed by atoms with Crippen molar-refractivity contribution < 1.29 is 13.9 Å². The molecule has 6 heteroatoms. The first-order chi connectivity index (χ1) is 15.1. The number of ether oxygens (including phenoxy) is 1. The molecule has 0 saturated carbocycles. The van der Waals surface area contributed by atoms with Gasteiger partial charge in [0.25, 0.3) is 5.91 Å². The first-order valence-electron chi connectivity index (χ1n) is 10.1. The van der Waals surface area contributed by atoms with Gasteiger partial charge in [0.05, 0.1) is 12.8 Å². The monoisotopic (exact) mass is 413 g/mol. The largest absolute Gasteiger partial charge is 0.493 e. The zero-order valence-electron chi connectivity index (χ0n) is 17.7. The van der Waals surface area contributed by atoms with Gasteiger partial charge in [-0.05, 0) is 55.3 Å². The highest BCUT2D eigenvalue weighted by molar-refractivity contribution is 6.05. The van der Waals surface area contributed by atoms with Crippen molar-refractivity contribution >= 4 is 28.4 Å². The van der Waals surface area contributed by atoms with E-state index in [1.54, 1.807) is 19.2 Å². The highest BCUT2D eigenvalue weighted by Gasteiger charge is 2.15. The zero-order valence-corrected chi connectivity index (χ0v) is 17.7. The van der Waals surface area contributed by atoms with Crippen LogP contribution in [-0.4, -0.2) is 18.0 Å². The van der Waals surface area contributed by atoms with E-state index in [2.05, 4.69) is 22.2 Å². The predicted octanol–water partition coefficient (Wildman–Crippen LogP) is 5.19. The Morgan fingerprint density at radius 1 is 1.10 bits per heavy atom. The highest BCUT2D eigenvalue weighted by Crippen LogP contribution is 2.25. The molecule has 0 aliphatic rings. The maximum absolute atomic E-state index is 13.1. The van der Waals surface area contributed by atoms with Crippen molar-refractivity contribution in [3.05, 3.63) is 89.1 Å². The average Bonchev–Trinajstić information content (AvgIpc) is 2.78. The average molecular weight is 413 g/mol. The van der Waals surface area contributed by atoms with Crippen LogP contribution < -0.4 is 15.6 Å². The number of hydrogen-bond acceptors (Lipinski definition) is 5. The Kier molecular flexibility index (Phi) is 5.80. The molecule has 31 heavy (non-hydrogen) atoms. The summed E-state index contributed by atoms with van der Waals surface area (Å²) in [5.74, 6) is 0.687. The molecule has 0 spiro atoms. The minimum Gasteiger partial charge on any atom is -0.493 e. The van der Waals surface area contributed by atoms with E-state index in [4.69, 9.17) is 9.15 Å². The SMILES string of the molecule is CCc1ccc(N=c2oc3c(OC)cccc3cc2C(=O)Nc2cccc(C)n2)cc1. The van der Waals surface area contributed by atoms with E-state index in [9.17, 15) is 4.79 Å². The summed E-state index contributed by atoms with van der Waals surface area (Å²) < 4.78 is 11.5. The van der Waals surface area contributed by atoms with Crippen LogP contribution in [0.1, 0.15) is 28.5 Å². The minimum absolute atomic E-state index is 0.200. The molecule has 0 bridgehead atoms. The van der Waals surface area contributed by atoms with Gasteiger partial charge in [0.2, 0.25) is 5.55 Å². The normalized spacial score (nSPS) is 11.5. The second-order valence-electron chi connectivity index (χ2n) is 7.09. The molecule has 156 valence electrons. The number of carbonyl (C=O) groups is 1. The number of pyridine rings is 1. The van der Waals surface area contributed by atoms with Crippen LogP contribution in [0.2, 0.25) is 0 Å². The van der Waals surface area contributed by atoms with E-state index in [-0.39, 0.29) is 11.5 Å². The Labute approximate surface area is 180 Å². The quantitative estimate of drug-likeness (QED) is 0.488. The van der Waals surface area contributed by atoms with E-state index in [1.165, 1.54) is 5.56 Å². The summed E-state index contributed by atoms with van der Waals surface area (Å²) in [6, 6.07) is 20.6. The number of aryl methyl sites for hydroxylation is 2. The van der Waals surface area contributed by atoms with Gasteiger partial charge in [0, 0.05) is 11.1 Å². The van der Waals surface area contributed by atoms with E-state index >= 15 is 0 Å². The lowest BCUT2D eigenvalue weighted by molar-refractivity contribution is 0.102. The predicted molar refractivity (Wildman–Crippen MR) is 121 cm³/mol. The number of amides is 1. The van der Waals surface area contributed by atoms with Gasteiger partial charge < -0.3 is 14.5 Å². The molecule has 4 aromatic rings. The Bertz CT molecular complexity index is 1310. The van der Waals surface area contributed by atoms with Crippen LogP contribution >= 0.6 is 0 Å². The van der Waals surface area contributed by atoms with E-state index in [0.717, 1.165) is 17.5 Å². The number of benzene rings is 2. The van der Waals surface area contributed by atoms with Crippen LogP contribution in [0.5, 0.6) is 5.75 Å². The second-order valence-corrected chi connectivity index (χ2v) is 7.09. The smallest absolute Gasteiger partial charge is 0.262 e. The van der Waals surface area contributed by atoms with Gasteiger partial charge in [-0.15, -0.1) is 0 Å². The van der Waals surface area contributed by atoms with Crippen molar-refractivity contribution in [3.8, 4) is 5.75 Å². The highest BCUT2D eigenvalue weighted by atomic mass is 16.5. The van der Waals surface area contributed by atoms with Crippen molar-refractivity contribution in [1.29, 1.82) is 0 Å². The van der Waals surface area contributed by atoms with Gasteiger partial charge in [-0.1, -0.05) is 37.3 Å². The molecule has 2 aromatic carbocycles. The summed E-state index contributed by atoms with van der Waals surface area (Å²) >= 11 is 0. The van der Waals surface area contributed by atoms with Crippen LogP contribution in [0.3, 0.4) is 0 Å². The summed E-state index contributed by atoms with van der Waals surface area (Å²) in [4.78, 5) is 22.1. The number of methoxy groups -OCH3 is 1. The second kappa shape index (κ2) is 8.83. The molecule has 0 radical (unpaired) electrons. The molecule has 1 amide bonds. The number of hydrogen-bond donors (Lipinski definition) is 1. The number of aromatic nitrogens is 1. The van der Waals surface area contributed by atoms with E-state index in [1.807, 2.05) is 61.5 Å². The molecule has 2 aromatic heterocycles. The Morgan fingerprint density at radius 2 is 1.87 bits per heavy atom. The summed E-state index contributed by atoms with van der Waals surface area (Å²) in [6.45, 7) is 3.97. The van der Waals surface area contributed by atoms with Crippen molar-refractivity contribution in [2.45, 2.75) is 20.3 Å². The maximum atomic E-state index is 13.1. The van der Waals surface area contributed by atoms with Crippen molar-refractivity contribution in [2.24, 2.45) is 4.99 Å².